The molecular weight excluding hydrogens is 226 g/mol. The van der Waals surface area contributed by atoms with Crippen LogP contribution in [0.4, 0.5) is 0 Å². The minimum atomic E-state index is 0.830. The third-order valence-corrected chi connectivity index (χ3v) is 2.74. The molecule has 0 atom stereocenters. The second-order valence-corrected chi connectivity index (χ2v) is 4.26. The van der Waals surface area contributed by atoms with Gasteiger partial charge in [-0.05, 0) is 12.5 Å². The summed E-state index contributed by atoms with van der Waals surface area (Å²) in [5.74, 6) is 0.874. The highest BCUT2D eigenvalue weighted by Gasteiger charge is 1.96. The molecule has 0 saturated carbocycles. The van der Waals surface area contributed by atoms with E-state index in [4.69, 9.17) is 0 Å². The number of nitrogens with one attached hydrogen (secondary N) is 2. The number of nitrogens with zero attached hydrogens (tertiary/aromatic N) is 3. The van der Waals surface area contributed by atoms with Crippen LogP contribution in [0.5, 0.6) is 0 Å². The highest BCUT2D eigenvalue weighted by atomic mass is 15.3. The molecule has 5 heteroatoms. The van der Waals surface area contributed by atoms with Crippen molar-refractivity contribution >= 4 is 5.96 Å². The first kappa shape index (κ1) is 14.5. The zero-order valence-corrected chi connectivity index (χ0v) is 11.5. The van der Waals surface area contributed by atoms with Gasteiger partial charge in [0, 0.05) is 32.5 Å². The molecule has 0 saturated heterocycles. The summed E-state index contributed by atoms with van der Waals surface area (Å²) in [5, 5.41) is 10.7. The average molecular weight is 251 g/mol. The van der Waals surface area contributed by atoms with E-state index in [-0.39, 0.29) is 0 Å². The molecule has 0 aromatic carbocycles. The molecule has 1 aromatic rings. The van der Waals surface area contributed by atoms with Crippen molar-refractivity contribution < 1.29 is 0 Å². The van der Waals surface area contributed by atoms with Gasteiger partial charge in [-0.3, -0.25) is 9.67 Å². The maximum absolute atomic E-state index is 4.19. The van der Waals surface area contributed by atoms with Gasteiger partial charge >= 0.3 is 0 Å². The van der Waals surface area contributed by atoms with Gasteiger partial charge in [0.1, 0.15) is 0 Å². The standard InChI is InChI=1S/C13H25N5/c1-3-4-5-6-8-15-13(14-2)16-10-12-18-11-7-9-17-18/h7,9,11H,3-6,8,10,12H2,1-2H3,(H2,14,15,16). The van der Waals surface area contributed by atoms with E-state index in [2.05, 4.69) is 27.6 Å². The topological polar surface area (TPSA) is 54.2 Å². The highest BCUT2D eigenvalue weighted by Crippen LogP contribution is 1.96. The summed E-state index contributed by atoms with van der Waals surface area (Å²) < 4.78 is 1.90. The number of hydrogen-bond donors (Lipinski definition) is 2. The fraction of sp³-hybridized carbons (Fsp3) is 0.692. The van der Waals surface area contributed by atoms with Crippen LogP contribution in [0.3, 0.4) is 0 Å². The first-order valence-electron chi connectivity index (χ1n) is 6.78. The molecule has 0 aliphatic rings. The van der Waals surface area contributed by atoms with Gasteiger partial charge < -0.3 is 10.6 Å². The van der Waals surface area contributed by atoms with Gasteiger partial charge in [0.25, 0.3) is 0 Å². The van der Waals surface area contributed by atoms with E-state index in [1.807, 2.05) is 16.9 Å². The summed E-state index contributed by atoms with van der Waals surface area (Å²) in [6, 6.07) is 1.93. The Hall–Kier alpha value is -1.52. The zero-order chi connectivity index (χ0) is 13.1. The van der Waals surface area contributed by atoms with Gasteiger partial charge in [-0.1, -0.05) is 26.2 Å². The minimum Gasteiger partial charge on any atom is -0.356 e. The summed E-state index contributed by atoms with van der Waals surface area (Å²) in [5.41, 5.74) is 0. The lowest BCUT2D eigenvalue weighted by Crippen LogP contribution is -2.39. The molecular formula is C13H25N5. The molecule has 1 heterocycles. The number of aliphatic imine (C=N–C) groups is 1. The van der Waals surface area contributed by atoms with Gasteiger partial charge in [0.15, 0.2) is 5.96 Å². The predicted molar refractivity (Wildman–Crippen MR) is 75.7 cm³/mol. The first-order valence-corrected chi connectivity index (χ1v) is 6.78. The Bertz CT molecular complexity index is 318. The third kappa shape index (κ3) is 6.27. The molecule has 0 fully saturated rings. The monoisotopic (exact) mass is 251 g/mol. The van der Waals surface area contributed by atoms with E-state index in [1.165, 1.54) is 25.7 Å². The summed E-state index contributed by atoms with van der Waals surface area (Å²) in [4.78, 5) is 4.19. The molecule has 2 N–H and O–H groups in total. The van der Waals surface area contributed by atoms with Crippen molar-refractivity contribution in [2.75, 3.05) is 20.1 Å². The van der Waals surface area contributed by atoms with Crippen molar-refractivity contribution in [1.82, 2.24) is 20.4 Å². The van der Waals surface area contributed by atoms with Crippen molar-refractivity contribution in [2.24, 2.45) is 4.99 Å². The molecule has 102 valence electrons. The lowest BCUT2D eigenvalue weighted by atomic mass is 10.2. The van der Waals surface area contributed by atoms with Crippen LogP contribution in [-0.4, -0.2) is 35.9 Å². The summed E-state index contributed by atoms with van der Waals surface area (Å²) in [7, 11) is 1.80. The van der Waals surface area contributed by atoms with Crippen LogP contribution in [0, 0.1) is 0 Å². The summed E-state index contributed by atoms with van der Waals surface area (Å²) in [6.07, 6.45) is 8.83. The number of unbranched alkanes of at least 4 members (excludes halogenated alkanes) is 3. The third-order valence-electron chi connectivity index (χ3n) is 2.74. The Kier molecular flexibility index (Phi) is 7.68. The van der Waals surface area contributed by atoms with Gasteiger partial charge in [0.2, 0.25) is 0 Å². The Morgan fingerprint density at radius 2 is 2.06 bits per heavy atom. The number of hydrogen-bond acceptors (Lipinski definition) is 2. The molecule has 18 heavy (non-hydrogen) atoms. The molecule has 1 rings (SSSR count). The Balaban J connectivity index is 2.06. The zero-order valence-electron chi connectivity index (χ0n) is 11.5. The van der Waals surface area contributed by atoms with Crippen molar-refractivity contribution in [3.05, 3.63) is 18.5 Å². The predicted octanol–water partition coefficient (Wildman–Crippen LogP) is 1.63. The minimum absolute atomic E-state index is 0.830. The van der Waals surface area contributed by atoms with E-state index >= 15 is 0 Å². The van der Waals surface area contributed by atoms with Gasteiger partial charge in [0.05, 0.1) is 6.54 Å². The van der Waals surface area contributed by atoms with Crippen molar-refractivity contribution in [1.29, 1.82) is 0 Å². The van der Waals surface area contributed by atoms with E-state index in [0.29, 0.717) is 0 Å². The van der Waals surface area contributed by atoms with Crippen LogP contribution >= 0.6 is 0 Å². The quantitative estimate of drug-likeness (QED) is 0.419. The highest BCUT2D eigenvalue weighted by molar-refractivity contribution is 5.79. The van der Waals surface area contributed by atoms with Crippen LogP contribution < -0.4 is 10.6 Å². The number of aromatic nitrogens is 2. The van der Waals surface area contributed by atoms with E-state index in [9.17, 15) is 0 Å². The first-order chi connectivity index (χ1) is 8.86. The van der Waals surface area contributed by atoms with Crippen LogP contribution in [-0.2, 0) is 6.54 Å². The van der Waals surface area contributed by atoms with Crippen molar-refractivity contribution in [3.8, 4) is 0 Å². The molecule has 0 radical (unpaired) electrons. The molecule has 0 spiro atoms. The van der Waals surface area contributed by atoms with Crippen LogP contribution in [0.2, 0.25) is 0 Å². The van der Waals surface area contributed by atoms with Crippen LogP contribution in [0.15, 0.2) is 23.5 Å². The largest absolute Gasteiger partial charge is 0.356 e. The van der Waals surface area contributed by atoms with E-state index < -0.39 is 0 Å². The van der Waals surface area contributed by atoms with Crippen molar-refractivity contribution in [2.45, 2.75) is 39.2 Å². The van der Waals surface area contributed by atoms with Crippen LogP contribution in [0.25, 0.3) is 0 Å². The molecule has 5 nitrogen and oxygen atoms in total. The lowest BCUT2D eigenvalue weighted by molar-refractivity contribution is 0.594. The van der Waals surface area contributed by atoms with Crippen molar-refractivity contribution in [3.63, 3.8) is 0 Å². The van der Waals surface area contributed by atoms with Gasteiger partial charge in [-0.25, -0.2) is 0 Å². The number of guanidine groups is 1. The molecule has 0 unspecified atom stereocenters. The maximum atomic E-state index is 4.19. The van der Waals surface area contributed by atoms with E-state index in [0.717, 1.165) is 25.6 Å². The summed E-state index contributed by atoms with van der Waals surface area (Å²) in [6.45, 7) is 4.89. The van der Waals surface area contributed by atoms with Gasteiger partial charge in [-0.15, -0.1) is 0 Å². The Morgan fingerprint density at radius 3 is 2.72 bits per heavy atom. The molecule has 0 aliphatic heterocycles. The molecule has 0 amide bonds. The Morgan fingerprint density at radius 1 is 1.22 bits per heavy atom. The molecule has 0 aliphatic carbocycles. The smallest absolute Gasteiger partial charge is 0.191 e. The average Bonchev–Trinajstić information content (AvgIpc) is 2.89. The fourth-order valence-corrected chi connectivity index (χ4v) is 1.70. The maximum Gasteiger partial charge on any atom is 0.191 e. The van der Waals surface area contributed by atoms with E-state index in [1.54, 1.807) is 13.2 Å². The summed E-state index contributed by atoms with van der Waals surface area (Å²) >= 11 is 0. The SMILES string of the molecule is CCCCCCNC(=NC)NCCn1cccn1. The second-order valence-electron chi connectivity index (χ2n) is 4.26. The number of rotatable bonds is 8. The van der Waals surface area contributed by atoms with Gasteiger partial charge in [-0.2, -0.15) is 5.10 Å². The molecule has 1 aromatic heterocycles. The van der Waals surface area contributed by atoms with Crippen LogP contribution in [0.1, 0.15) is 32.6 Å². The lowest BCUT2D eigenvalue weighted by Gasteiger charge is -2.11. The fourth-order valence-electron chi connectivity index (χ4n) is 1.70. The molecule has 0 bridgehead atoms. The second kappa shape index (κ2) is 9.50. The Labute approximate surface area is 110 Å². The normalized spacial score (nSPS) is 11.6.